The largest absolute Gasteiger partial charge is 0.476 e. The number of carbonyl (C=O) groups excluding carboxylic acids is 3. The molecule has 13 heteroatoms. The Hall–Kier alpha value is -3.51. The molecule has 1 aromatic carbocycles. The van der Waals surface area contributed by atoms with Crippen LogP contribution < -0.4 is 15.0 Å². The average molecular weight is 557 g/mol. The summed E-state index contributed by atoms with van der Waals surface area (Å²) in [6.07, 6.45) is -4.97. The van der Waals surface area contributed by atoms with Gasteiger partial charge in [0.05, 0.1) is 22.9 Å². The molecule has 2 heterocycles. The van der Waals surface area contributed by atoms with Crippen molar-refractivity contribution in [3.8, 4) is 5.75 Å². The van der Waals surface area contributed by atoms with Crippen LogP contribution in [0.4, 0.5) is 23.7 Å². The van der Waals surface area contributed by atoms with E-state index in [4.69, 9.17) is 4.74 Å². The number of likely N-dealkylation sites (tertiary alicyclic amines) is 1. The molecule has 216 valence electrons. The third-order valence-corrected chi connectivity index (χ3v) is 6.88. The highest BCUT2D eigenvalue weighted by molar-refractivity contribution is 6.05. The molecule has 1 aromatic rings. The number of fused-ring (bicyclic) bond motifs is 1. The Labute approximate surface area is 225 Å². The van der Waals surface area contributed by atoms with Crippen molar-refractivity contribution in [2.45, 2.75) is 77.7 Å². The van der Waals surface area contributed by atoms with E-state index in [9.17, 15) is 37.5 Å². The van der Waals surface area contributed by atoms with Crippen molar-refractivity contribution < 1.29 is 42.2 Å². The molecule has 0 unspecified atom stereocenters. The van der Waals surface area contributed by atoms with Crippen molar-refractivity contribution in [2.75, 3.05) is 31.1 Å². The highest BCUT2D eigenvalue weighted by atomic mass is 19.4. The Balaban J connectivity index is 2.10. The summed E-state index contributed by atoms with van der Waals surface area (Å²) >= 11 is 0. The number of benzene rings is 1. The van der Waals surface area contributed by atoms with Gasteiger partial charge in [0.2, 0.25) is 5.91 Å². The number of ether oxygens (including phenoxy) is 1. The van der Waals surface area contributed by atoms with Crippen LogP contribution in [0.1, 0.15) is 69.8 Å². The van der Waals surface area contributed by atoms with Gasteiger partial charge in [-0.2, -0.15) is 13.2 Å². The second-order valence-corrected chi connectivity index (χ2v) is 10.5. The van der Waals surface area contributed by atoms with Crippen LogP contribution in [0, 0.1) is 0 Å². The van der Waals surface area contributed by atoms with E-state index in [1.807, 2.05) is 0 Å². The van der Waals surface area contributed by atoms with Crippen LogP contribution in [0.5, 0.6) is 5.75 Å². The highest BCUT2D eigenvalue weighted by Gasteiger charge is 2.45. The highest BCUT2D eigenvalue weighted by Crippen LogP contribution is 2.44. The summed E-state index contributed by atoms with van der Waals surface area (Å²) in [5.41, 5.74) is -3.38. The van der Waals surface area contributed by atoms with Crippen molar-refractivity contribution in [1.29, 1.82) is 0 Å². The first-order valence-electron chi connectivity index (χ1n) is 12.9. The molecular formula is C26H35F3N4O6. The molecule has 4 amide bonds. The smallest absolute Gasteiger partial charge is 0.417 e. The third kappa shape index (κ3) is 6.39. The van der Waals surface area contributed by atoms with Crippen molar-refractivity contribution in [3.05, 3.63) is 23.3 Å². The Morgan fingerprint density at radius 3 is 2.49 bits per heavy atom. The number of hydrogen-bond donors (Lipinski definition) is 2. The first-order chi connectivity index (χ1) is 18.1. The van der Waals surface area contributed by atoms with Crippen molar-refractivity contribution in [3.63, 3.8) is 0 Å². The Morgan fingerprint density at radius 2 is 1.92 bits per heavy atom. The number of rotatable bonds is 7. The molecular weight excluding hydrogens is 521 g/mol. The second-order valence-electron chi connectivity index (χ2n) is 10.5. The number of nitrogens with zero attached hydrogens (tertiary/aromatic N) is 3. The number of piperidine rings is 1. The summed E-state index contributed by atoms with van der Waals surface area (Å²) < 4.78 is 48.6. The molecule has 0 radical (unpaired) electrons. The normalized spacial score (nSPS) is 18.9. The van der Waals surface area contributed by atoms with Crippen molar-refractivity contribution in [1.82, 2.24) is 15.1 Å². The van der Waals surface area contributed by atoms with Crippen LogP contribution in [-0.4, -0.2) is 82.6 Å². The maximum atomic E-state index is 14.3. The van der Waals surface area contributed by atoms with E-state index in [-0.39, 0.29) is 49.9 Å². The molecule has 3 rings (SSSR count). The van der Waals surface area contributed by atoms with E-state index in [0.29, 0.717) is 12.8 Å². The number of anilines is 1. The topological polar surface area (TPSA) is 119 Å². The SMILES string of the molecule is CCC(=O)NCCN1C(=O)C(C)(C)Oc2cc(C(F)(F)F)c(C(=O)N(C(C)C)[C@@H]3CCCN(C(=O)O)C3)cc21. The number of carboxylic acid groups (broad SMARTS) is 1. The number of alkyl halides is 3. The Bertz CT molecular complexity index is 1140. The fourth-order valence-electron chi connectivity index (χ4n) is 5.00. The van der Waals surface area contributed by atoms with Gasteiger partial charge in [-0.05, 0) is 52.7 Å². The van der Waals surface area contributed by atoms with Crippen molar-refractivity contribution >= 4 is 29.5 Å². The minimum absolute atomic E-state index is 0.0130. The summed E-state index contributed by atoms with van der Waals surface area (Å²) in [7, 11) is 0. The van der Waals surface area contributed by atoms with Crippen LogP contribution >= 0.6 is 0 Å². The lowest BCUT2D eigenvalue weighted by Crippen LogP contribution is -2.55. The zero-order chi connectivity index (χ0) is 29.3. The summed E-state index contributed by atoms with van der Waals surface area (Å²) in [6.45, 7) is 8.08. The molecule has 0 spiro atoms. The summed E-state index contributed by atoms with van der Waals surface area (Å²) in [5, 5.41) is 12.1. The second kappa shape index (κ2) is 11.3. The molecule has 1 saturated heterocycles. The predicted molar refractivity (Wildman–Crippen MR) is 136 cm³/mol. The Kier molecular flexibility index (Phi) is 8.71. The van der Waals surface area contributed by atoms with Gasteiger partial charge in [-0.1, -0.05) is 6.92 Å². The fraction of sp³-hybridized carbons (Fsp3) is 0.615. The maximum absolute atomic E-state index is 14.3. The van der Waals surface area contributed by atoms with Crippen LogP contribution in [0.3, 0.4) is 0 Å². The predicted octanol–water partition coefficient (Wildman–Crippen LogP) is 3.73. The molecule has 0 saturated carbocycles. The van der Waals surface area contributed by atoms with Gasteiger partial charge in [-0.15, -0.1) is 0 Å². The van der Waals surface area contributed by atoms with E-state index < -0.39 is 52.9 Å². The lowest BCUT2D eigenvalue weighted by molar-refractivity contribution is -0.138. The number of nitrogens with one attached hydrogen (secondary N) is 1. The molecule has 2 N–H and O–H groups in total. The van der Waals surface area contributed by atoms with Gasteiger partial charge in [0.25, 0.3) is 11.8 Å². The molecule has 1 atom stereocenters. The molecule has 10 nitrogen and oxygen atoms in total. The van der Waals surface area contributed by atoms with E-state index in [0.717, 1.165) is 17.0 Å². The fourth-order valence-corrected chi connectivity index (χ4v) is 5.00. The summed E-state index contributed by atoms with van der Waals surface area (Å²) in [5.74, 6) is -1.93. The van der Waals surface area contributed by atoms with E-state index in [1.54, 1.807) is 20.8 Å². The van der Waals surface area contributed by atoms with Gasteiger partial charge < -0.3 is 29.9 Å². The van der Waals surface area contributed by atoms with Crippen LogP contribution in [-0.2, 0) is 15.8 Å². The average Bonchev–Trinajstić information content (AvgIpc) is 2.84. The number of carbonyl (C=O) groups is 4. The quantitative estimate of drug-likeness (QED) is 0.528. The van der Waals surface area contributed by atoms with Gasteiger partial charge in [0, 0.05) is 38.6 Å². The lowest BCUT2D eigenvalue weighted by atomic mass is 9.96. The van der Waals surface area contributed by atoms with Gasteiger partial charge >= 0.3 is 12.3 Å². The molecule has 0 aliphatic carbocycles. The molecule has 0 aromatic heterocycles. The zero-order valence-corrected chi connectivity index (χ0v) is 22.7. The van der Waals surface area contributed by atoms with E-state index in [2.05, 4.69) is 5.32 Å². The van der Waals surface area contributed by atoms with Crippen LogP contribution in [0.25, 0.3) is 0 Å². The van der Waals surface area contributed by atoms with Crippen LogP contribution in [0.15, 0.2) is 12.1 Å². The van der Waals surface area contributed by atoms with Gasteiger partial charge in [0.15, 0.2) is 5.60 Å². The molecule has 39 heavy (non-hydrogen) atoms. The lowest BCUT2D eigenvalue weighted by Gasteiger charge is -2.42. The monoisotopic (exact) mass is 556 g/mol. The van der Waals surface area contributed by atoms with Gasteiger partial charge in [-0.25, -0.2) is 4.79 Å². The minimum Gasteiger partial charge on any atom is -0.476 e. The first-order valence-corrected chi connectivity index (χ1v) is 12.9. The third-order valence-electron chi connectivity index (χ3n) is 6.88. The number of amides is 4. The summed E-state index contributed by atoms with van der Waals surface area (Å²) in [6, 6.07) is 0.585. The molecule has 2 aliphatic heterocycles. The number of hydrogen-bond acceptors (Lipinski definition) is 5. The van der Waals surface area contributed by atoms with E-state index >= 15 is 0 Å². The van der Waals surface area contributed by atoms with E-state index in [1.165, 1.54) is 23.6 Å². The minimum atomic E-state index is -4.92. The van der Waals surface area contributed by atoms with Crippen LogP contribution in [0.2, 0.25) is 0 Å². The maximum Gasteiger partial charge on any atom is 0.417 e. The molecule has 0 bridgehead atoms. The van der Waals surface area contributed by atoms with Gasteiger partial charge in [-0.3, -0.25) is 14.4 Å². The standard InChI is InChI=1S/C26H35F3N4O6/c1-6-21(34)30-9-11-32-19-12-17(18(26(27,28)29)13-20(19)39-25(4,5)23(32)36)22(35)33(15(2)3)16-8-7-10-31(14-16)24(37)38/h12-13,15-16H,6-11,14H2,1-5H3,(H,30,34)(H,37,38)/t16-/m1/s1. The number of halogens is 3. The Morgan fingerprint density at radius 1 is 1.26 bits per heavy atom. The van der Waals surface area contributed by atoms with Gasteiger partial charge in [0.1, 0.15) is 5.75 Å². The first kappa shape index (κ1) is 30.0. The molecule has 1 fully saturated rings. The van der Waals surface area contributed by atoms with Crippen molar-refractivity contribution in [2.24, 2.45) is 0 Å². The summed E-state index contributed by atoms with van der Waals surface area (Å²) in [4.78, 5) is 53.9. The zero-order valence-electron chi connectivity index (χ0n) is 22.7. The molecule has 2 aliphatic rings.